The van der Waals surface area contributed by atoms with Gasteiger partial charge in [-0.1, -0.05) is 13.8 Å². The van der Waals surface area contributed by atoms with Crippen LogP contribution in [0.1, 0.15) is 42.5 Å². The van der Waals surface area contributed by atoms with E-state index in [0.717, 1.165) is 16.5 Å². The van der Waals surface area contributed by atoms with Gasteiger partial charge >= 0.3 is 14.2 Å². The first-order valence-corrected chi connectivity index (χ1v) is 12.0. The first-order valence-electron chi connectivity index (χ1n) is 10.9. The summed E-state index contributed by atoms with van der Waals surface area (Å²) < 4.78 is 34.5. The summed E-state index contributed by atoms with van der Waals surface area (Å²) in [6.07, 6.45) is 0.677. The molecule has 0 radical (unpaired) electrons. The summed E-state index contributed by atoms with van der Waals surface area (Å²) in [5, 5.41) is 0.921. The van der Waals surface area contributed by atoms with Crippen molar-refractivity contribution in [2.75, 3.05) is 6.79 Å². The normalized spacial score (nSPS) is 20.1. The first-order chi connectivity index (χ1) is 16.4. The summed E-state index contributed by atoms with van der Waals surface area (Å²) in [5.41, 5.74) is 1.89. The van der Waals surface area contributed by atoms with Gasteiger partial charge in [0.25, 0.3) is 5.56 Å². The Bertz CT molecular complexity index is 1500. The van der Waals surface area contributed by atoms with E-state index in [4.69, 9.17) is 23.7 Å². The molecule has 11 heteroatoms. The van der Waals surface area contributed by atoms with Crippen molar-refractivity contribution in [3.63, 3.8) is 0 Å². The van der Waals surface area contributed by atoms with Crippen LogP contribution in [-0.4, -0.2) is 22.3 Å². The summed E-state index contributed by atoms with van der Waals surface area (Å²) in [6, 6.07) is 5.37. The molecule has 2 atom stereocenters. The molecule has 0 saturated carbocycles. The highest BCUT2D eigenvalue weighted by Gasteiger charge is 2.52. The number of pyridine rings is 2. The van der Waals surface area contributed by atoms with Crippen molar-refractivity contribution in [2.24, 2.45) is 0 Å². The predicted octanol–water partition coefficient (Wildman–Crippen LogP) is 2.41. The summed E-state index contributed by atoms with van der Waals surface area (Å²) >= 11 is 0. The third-order valence-corrected chi connectivity index (χ3v) is 7.31. The van der Waals surface area contributed by atoms with Crippen molar-refractivity contribution in [2.45, 2.75) is 45.4 Å². The number of ether oxygens (including phenoxy) is 3. The number of carbonyl (C=O) groups excluding carboxylic acids is 1. The zero-order chi connectivity index (χ0) is 23.8. The molecule has 1 aromatic carbocycles. The molecule has 10 nitrogen and oxygen atoms in total. The topological polar surface area (TPSA) is 129 Å². The van der Waals surface area contributed by atoms with Crippen LogP contribution in [0.5, 0.6) is 11.5 Å². The molecule has 0 spiro atoms. The molecule has 1 unspecified atom stereocenters. The van der Waals surface area contributed by atoms with Crippen LogP contribution in [0, 0.1) is 0 Å². The number of esters is 1. The molecule has 0 bridgehead atoms. The van der Waals surface area contributed by atoms with Crippen LogP contribution in [0.25, 0.3) is 22.3 Å². The number of benzene rings is 1. The molecular formula is C23H19N2O8P. The van der Waals surface area contributed by atoms with Gasteiger partial charge in [-0.3, -0.25) is 4.79 Å². The summed E-state index contributed by atoms with van der Waals surface area (Å²) in [5.74, 6) is 0.417. The third-order valence-electron chi connectivity index (χ3n) is 6.85. The van der Waals surface area contributed by atoms with E-state index in [0.29, 0.717) is 41.4 Å². The Morgan fingerprint density at radius 2 is 1.91 bits per heavy atom. The average molecular weight is 482 g/mol. The summed E-state index contributed by atoms with van der Waals surface area (Å²) in [6.45, 7) is 3.85. The van der Waals surface area contributed by atoms with Crippen LogP contribution in [0.2, 0.25) is 0 Å². The van der Waals surface area contributed by atoms with E-state index in [1.807, 2.05) is 19.1 Å². The molecule has 0 fully saturated rings. The summed E-state index contributed by atoms with van der Waals surface area (Å²) in [4.78, 5) is 42.6. The van der Waals surface area contributed by atoms with Crippen molar-refractivity contribution in [3.05, 3.63) is 50.8 Å². The maximum Gasteiger partial charge on any atom is 0.490 e. The molecule has 0 aliphatic carbocycles. The van der Waals surface area contributed by atoms with E-state index >= 15 is 0 Å². The zero-order valence-corrected chi connectivity index (χ0v) is 19.3. The fourth-order valence-electron chi connectivity index (χ4n) is 5.22. The van der Waals surface area contributed by atoms with Gasteiger partial charge in [-0.2, -0.15) is 0 Å². The minimum absolute atomic E-state index is 0.0211. The van der Waals surface area contributed by atoms with Crippen molar-refractivity contribution >= 4 is 25.1 Å². The van der Waals surface area contributed by atoms with Gasteiger partial charge in [0.05, 0.1) is 29.0 Å². The molecule has 34 heavy (non-hydrogen) atoms. The average Bonchev–Trinajstić information content (AvgIpc) is 3.42. The van der Waals surface area contributed by atoms with Crippen LogP contribution >= 0.6 is 8.25 Å². The third kappa shape index (κ3) is 2.73. The second kappa shape index (κ2) is 7.33. The van der Waals surface area contributed by atoms with E-state index in [9.17, 15) is 19.0 Å². The van der Waals surface area contributed by atoms with Gasteiger partial charge in [0.1, 0.15) is 6.61 Å². The molecule has 0 amide bonds. The van der Waals surface area contributed by atoms with Gasteiger partial charge in [-0.05, 0) is 35.1 Å². The fraction of sp³-hybridized carbons (Fsp3) is 0.348. The lowest BCUT2D eigenvalue weighted by molar-refractivity contribution is -0.207. The van der Waals surface area contributed by atoms with Gasteiger partial charge in [0.2, 0.25) is 12.4 Å². The Labute approximate surface area is 194 Å². The van der Waals surface area contributed by atoms with Crippen molar-refractivity contribution < 1.29 is 33.0 Å². The minimum Gasteiger partial charge on any atom is -0.566 e. The standard InChI is InChI=1S/C23H19N2O8P/c1-3-11-12-5-18-19(32-10-31-18)7-16(12)24-20-13(11)8-25-17(20)6-15-14(21(25)26)9-30-22(27)23(15,4-2)33-34(28)29/h5-7H,3-4,8-10H2,1-2H3/t23-/m0/s1. The lowest BCUT2D eigenvalue weighted by Crippen LogP contribution is -2.45. The Hall–Kier alpha value is -3.33. The van der Waals surface area contributed by atoms with Gasteiger partial charge < -0.3 is 23.7 Å². The van der Waals surface area contributed by atoms with E-state index < -0.39 is 19.8 Å². The van der Waals surface area contributed by atoms with Crippen LogP contribution in [0.4, 0.5) is 0 Å². The van der Waals surface area contributed by atoms with Crippen LogP contribution in [0.3, 0.4) is 0 Å². The number of rotatable bonds is 4. The monoisotopic (exact) mass is 482 g/mol. The largest absolute Gasteiger partial charge is 0.566 e. The Morgan fingerprint density at radius 3 is 2.62 bits per heavy atom. The van der Waals surface area contributed by atoms with Crippen molar-refractivity contribution in [1.29, 1.82) is 0 Å². The van der Waals surface area contributed by atoms with Crippen molar-refractivity contribution in [1.82, 2.24) is 9.55 Å². The number of nitrogens with zero attached hydrogens (tertiary/aromatic N) is 2. The Morgan fingerprint density at radius 1 is 1.15 bits per heavy atom. The molecule has 3 aliphatic heterocycles. The van der Waals surface area contributed by atoms with E-state index in [1.165, 1.54) is 0 Å². The molecule has 6 rings (SSSR count). The van der Waals surface area contributed by atoms with Crippen LogP contribution in [0.15, 0.2) is 23.0 Å². The molecule has 5 heterocycles. The van der Waals surface area contributed by atoms with E-state index in [1.54, 1.807) is 17.6 Å². The lowest BCUT2D eigenvalue weighted by atomic mass is 9.86. The fourth-order valence-corrected chi connectivity index (χ4v) is 5.78. The number of cyclic esters (lactones) is 1. The number of carbonyl (C=O) groups is 1. The molecular weight excluding hydrogens is 463 g/mol. The maximum atomic E-state index is 13.5. The molecule has 3 aromatic rings. The number of hydrogen-bond acceptors (Lipinski definition) is 9. The van der Waals surface area contributed by atoms with E-state index in [2.05, 4.69) is 0 Å². The molecule has 2 aromatic heterocycles. The van der Waals surface area contributed by atoms with Gasteiger partial charge in [0.15, 0.2) is 11.5 Å². The second-order valence-electron chi connectivity index (χ2n) is 8.38. The smallest absolute Gasteiger partial charge is 0.490 e. The highest BCUT2D eigenvalue weighted by Crippen LogP contribution is 2.45. The minimum atomic E-state index is -3.38. The number of fused-ring (bicyclic) bond motifs is 6. The van der Waals surface area contributed by atoms with E-state index in [-0.39, 0.29) is 36.5 Å². The quantitative estimate of drug-likeness (QED) is 0.318. The van der Waals surface area contributed by atoms with Gasteiger partial charge in [-0.15, -0.1) is 4.52 Å². The molecule has 0 N–H and O–H groups in total. The van der Waals surface area contributed by atoms with Crippen molar-refractivity contribution in [3.8, 4) is 22.9 Å². The Balaban J connectivity index is 1.63. The molecule has 0 saturated heterocycles. The molecule has 3 aliphatic rings. The second-order valence-corrected chi connectivity index (χ2v) is 9.01. The zero-order valence-electron chi connectivity index (χ0n) is 18.4. The molecule has 174 valence electrons. The number of aromatic nitrogens is 2. The highest BCUT2D eigenvalue weighted by molar-refractivity contribution is 7.30. The highest BCUT2D eigenvalue weighted by atomic mass is 31.1. The van der Waals surface area contributed by atoms with Crippen LogP contribution < -0.4 is 19.9 Å². The maximum absolute atomic E-state index is 13.5. The predicted molar refractivity (Wildman–Crippen MR) is 116 cm³/mol. The lowest BCUT2D eigenvalue weighted by Gasteiger charge is -2.31. The van der Waals surface area contributed by atoms with Gasteiger partial charge in [-0.25, -0.2) is 9.78 Å². The van der Waals surface area contributed by atoms with Crippen LogP contribution in [-0.2, 0) is 43.8 Å². The number of aryl methyl sites for hydroxylation is 1. The van der Waals surface area contributed by atoms with Gasteiger partial charge in [0, 0.05) is 22.6 Å². The Kier molecular flexibility index (Phi) is 4.58. The first kappa shape index (κ1) is 21.2. The SMILES string of the molecule is CCc1c2c(nc3cc4c(cc13)OCO4)-c1cc3c(c(=O)n1C2)COC(=O)[C@@]3(CC)O[P+](=O)[O-]. The number of hydrogen-bond donors (Lipinski definition) is 0. The summed E-state index contributed by atoms with van der Waals surface area (Å²) in [7, 11) is -3.38.